The van der Waals surface area contributed by atoms with Crippen LogP contribution in [-0.2, 0) is 0 Å². The number of nitrogens with zero attached hydrogens (tertiary/aromatic N) is 3. The Bertz CT molecular complexity index is 453. The zero-order valence-corrected chi connectivity index (χ0v) is 17.9. The summed E-state index contributed by atoms with van der Waals surface area (Å²) < 4.78 is 0. The van der Waals surface area contributed by atoms with Crippen LogP contribution in [0, 0.1) is 5.92 Å². The molecule has 0 aliphatic carbocycles. The van der Waals surface area contributed by atoms with E-state index in [0.29, 0.717) is 6.04 Å². The van der Waals surface area contributed by atoms with Gasteiger partial charge in [0.1, 0.15) is 0 Å². The van der Waals surface area contributed by atoms with E-state index in [2.05, 4.69) is 46.5 Å². The molecule has 2 rings (SSSR count). The number of rotatable bonds is 5. The van der Waals surface area contributed by atoms with E-state index in [1.165, 1.54) is 30.8 Å². The van der Waals surface area contributed by atoms with E-state index in [1.807, 2.05) is 25.4 Å². The van der Waals surface area contributed by atoms with Gasteiger partial charge in [-0.15, -0.1) is 35.3 Å². The second-order valence-electron chi connectivity index (χ2n) is 6.34. The molecule has 0 saturated carbocycles. The molecule has 1 aromatic heterocycles. The molecule has 0 spiro atoms. The van der Waals surface area contributed by atoms with E-state index >= 15 is 0 Å². The standard InChI is InChI=1S/C17H30N4S.HI/c1-5-18-17(20(3)4)19-13-15(16-7-6-12-22-16)21-10-8-14(2)9-11-21;/h6-7,12,14-15H,5,8-11,13H2,1-4H3,(H,18,19);1H. The Balaban J connectivity index is 0.00000264. The van der Waals surface area contributed by atoms with Crippen LogP contribution in [0.15, 0.2) is 22.5 Å². The maximum Gasteiger partial charge on any atom is 0.193 e. The Hall–Kier alpha value is -0.340. The molecule has 0 amide bonds. The molecule has 6 heteroatoms. The molecule has 1 unspecified atom stereocenters. The highest BCUT2D eigenvalue weighted by Crippen LogP contribution is 2.29. The first-order valence-corrected chi connectivity index (χ1v) is 9.22. The van der Waals surface area contributed by atoms with E-state index in [4.69, 9.17) is 4.99 Å². The summed E-state index contributed by atoms with van der Waals surface area (Å²) in [6, 6.07) is 4.83. The summed E-state index contributed by atoms with van der Waals surface area (Å²) in [5, 5.41) is 5.53. The fourth-order valence-corrected chi connectivity index (χ4v) is 3.75. The van der Waals surface area contributed by atoms with Crippen LogP contribution in [0.5, 0.6) is 0 Å². The molecule has 1 aromatic rings. The van der Waals surface area contributed by atoms with E-state index in [1.54, 1.807) is 0 Å². The predicted molar refractivity (Wildman–Crippen MR) is 112 cm³/mol. The third-order valence-corrected chi connectivity index (χ3v) is 5.28. The van der Waals surface area contributed by atoms with Gasteiger partial charge in [-0.05, 0) is 50.2 Å². The Kier molecular flexibility index (Phi) is 9.46. The van der Waals surface area contributed by atoms with Crippen LogP contribution < -0.4 is 5.32 Å². The van der Waals surface area contributed by atoms with Gasteiger partial charge in [0.25, 0.3) is 0 Å². The van der Waals surface area contributed by atoms with Crippen LogP contribution >= 0.6 is 35.3 Å². The Morgan fingerprint density at radius 1 is 1.43 bits per heavy atom. The molecule has 1 atom stereocenters. The summed E-state index contributed by atoms with van der Waals surface area (Å²) in [7, 11) is 4.09. The second kappa shape index (κ2) is 10.5. The molecule has 23 heavy (non-hydrogen) atoms. The van der Waals surface area contributed by atoms with Gasteiger partial charge in [-0.1, -0.05) is 13.0 Å². The highest BCUT2D eigenvalue weighted by molar-refractivity contribution is 14.0. The van der Waals surface area contributed by atoms with Crippen molar-refractivity contribution in [2.24, 2.45) is 10.9 Å². The van der Waals surface area contributed by atoms with Gasteiger partial charge in [0.05, 0.1) is 12.6 Å². The number of thiophene rings is 1. The first-order valence-electron chi connectivity index (χ1n) is 8.35. The van der Waals surface area contributed by atoms with Gasteiger partial charge in [0, 0.05) is 25.5 Å². The summed E-state index contributed by atoms with van der Waals surface area (Å²) in [4.78, 5) is 11.0. The van der Waals surface area contributed by atoms with Gasteiger partial charge in [0.2, 0.25) is 0 Å². The highest BCUT2D eigenvalue weighted by Gasteiger charge is 2.25. The fourth-order valence-electron chi connectivity index (χ4n) is 2.89. The molecule has 2 heterocycles. The summed E-state index contributed by atoms with van der Waals surface area (Å²) in [5.74, 6) is 1.84. The van der Waals surface area contributed by atoms with E-state index in [0.717, 1.165) is 25.0 Å². The molecule has 1 aliphatic rings. The normalized spacial score (nSPS) is 18.3. The quantitative estimate of drug-likeness (QED) is 0.422. The molecule has 0 radical (unpaired) electrons. The van der Waals surface area contributed by atoms with Crippen molar-refractivity contribution < 1.29 is 0 Å². The maximum absolute atomic E-state index is 4.86. The van der Waals surface area contributed by atoms with Crippen LogP contribution in [0.4, 0.5) is 0 Å². The number of hydrogen-bond donors (Lipinski definition) is 1. The Morgan fingerprint density at radius 3 is 2.65 bits per heavy atom. The van der Waals surface area contributed by atoms with Crippen LogP contribution in [0.1, 0.15) is 37.6 Å². The summed E-state index contributed by atoms with van der Waals surface area (Å²) in [6.07, 6.45) is 2.61. The van der Waals surface area contributed by atoms with Crippen molar-refractivity contribution in [1.82, 2.24) is 15.1 Å². The van der Waals surface area contributed by atoms with Crippen molar-refractivity contribution >= 4 is 41.3 Å². The van der Waals surface area contributed by atoms with Gasteiger partial charge in [-0.2, -0.15) is 0 Å². The number of halogens is 1. The number of likely N-dealkylation sites (tertiary alicyclic amines) is 1. The molecule has 1 N–H and O–H groups in total. The van der Waals surface area contributed by atoms with Crippen LogP contribution in [0.25, 0.3) is 0 Å². The number of hydrogen-bond acceptors (Lipinski definition) is 3. The van der Waals surface area contributed by atoms with Crippen molar-refractivity contribution in [3.63, 3.8) is 0 Å². The summed E-state index contributed by atoms with van der Waals surface area (Å²) >= 11 is 1.85. The van der Waals surface area contributed by atoms with Crippen molar-refractivity contribution in [2.45, 2.75) is 32.7 Å². The van der Waals surface area contributed by atoms with Gasteiger partial charge >= 0.3 is 0 Å². The minimum atomic E-state index is 0. The largest absolute Gasteiger partial charge is 0.357 e. The predicted octanol–water partition coefficient (Wildman–Crippen LogP) is 3.67. The van der Waals surface area contributed by atoms with Crippen molar-refractivity contribution in [3.8, 4) is 0 Å². The van der Waals surface area contributed by atoms with Crippen molar-refractivity contribution in [3.05, 3.63) is 22.4 Å². The lowest BCUT2D eigenvalue weighted by atomic mass is 9.97. The van der Waals surface area contributed by atoms with Crippen LogP contribution in [0.2, 0.25) is 0 Å². The smallest absolute Gasteiger partial charge is 0.193 e. The molecule has 1 aliphatic heterocycles. The lowest BCUT2D eigenvalue weighted by Crippen LogP contribution is -2.39. The second-order valence-corrected chi connectivity index (χ2v) is 7.32. The first kappa shape index (κ1) is 20.7. The van der Waals surface area contributed by atoms with E-state index < -0.39 is 0 Å². The first-order chi connectivity index (χ1) is 10.6. The van der Waals surface area contributed by atoms with Crippen LogP contribution in [0.3, 0.4) is 0 Å². The van der Waals surface area contributed by atoms with Crippen molar-refractivity contribution in [2.75, 3.05) is 40.3 Å². The lowest BCUT2D eigenvalue weighted by molar-refractivity contribution is 0.143. The summed E-state index contributed by atoms with van der Waals surface area (Å²) in [5.41, 5.74) is 0. The number of guanidine groups is 1. The van der Waals surface area contributed by atoms with Crippen LogP contribution in [-0.4, -0.2) is 56.0 Å². The minimum Gasteiger partial charge on any atom is -0.357 e. The number of piperidine rings is 1. The van der Waals surface area contributed by atoms with E-state index in [9.17, 15) is 0 Å². The molecule has 1 fully saturated rings. The summed E-state index contributed by atoms with van der Waals surface area (Å²) in [6.45, 7) is 8.60. The number of nitrogens with one attached hydrogen (secondary N) is 1. The zero-order chi connectivity index (χ0) is 15.9. The molecule has 132 valence electrons. The Labute approximate surface area is 162 Å². The third kappa shape index (κ3) is 6.23. The molecule has 0 bridgehead atoms. The molecule has 1 saturated heterocycles. The highest BCUT2D eigenvalue weighted by atomic mass is 127. The topological polar surface area (TPSA) is 30.9 Å². The van der Waals surface area contributed by atoms with Gasteiger partial charge in [-0.3, -0.25) is 9.89 Å². The van der Waals surface area contributed by atoms with Gasteiger partial charge < -0.3 is 10.2 Å². The minimum absolute atomic E-state index is 0. The average Bonchev–Trinajstić information content (AvgIpc) is 3.02. The number of aliphatic imine (C=N–C) groups is 1. The third-order valence-electron chi connectivity index (χ3n) is 4.30. The molecular formula is C17H31IN4S. The molecular weight excluding hydrogens is 419 g/mol. The fraction of sp³-hybridized carbons (Fsp3) is 0.706. The zero-order valence-electron chi connectivity index (χ0n) is 14.8. The van der Waals surface area contributed by atoms with Crippen molar-refractivity contribution in [1.29, 1.82) is 0 Å². The maximum atomic E-state index is 4.86. The van der Waals surface area contributed by atoms with Gasteiger partial charge in [-0.25, -0.2) is 0 Å². The Morgan fingerprint density at radius 2 is 2.13 bits per heavy atom. The average molecular weight is 450 g/mol. The lowest BCUT2D eigenvalue weighted by Gasteiger charge is -2.35. The SMILES string of the molecule is CCNC(=NCC(c1cccs1)N1CCC(C)CC1)N(C)C.I. The van der Waals surface area contributed by atoms with E-state index in [-0.39, 0.29) is 24.0 Å². The molecule has 4 nitrogen and oxygen atoms in total. The molecule has 0 aromatic carbocycles. The van der Waals surface area contributed by atoms with Gasteiger partial charge in [0.15, 0.2) is 5.96 Å². The monoisotopic (exact) mass is 450 g/mol.